The van der Waals surface area contributed by atoms with Gasteiger partial charge in [0.1, 0.15) is 11.5 Å². The van der Waals surface area contributed by atoms with Crippen LogP contribution in [0.2, 0.25) is 0 Å². The van der Waals surface area contributed by atoms with Crippen LogP contribution < -0.4 is 9.64 Å². The van der Waals surface area contributed by atoms with Gasteiger partial charge in [0.2, 0.25) is 0 Å². The van der Waals surface area contributed by atoms with Crippen LogP contribution in [-0.2, 0) is 5.41 Å². The predicted octanol–water partition coefficient (Wildman–Crippen LogP) is 15.5. The summed E-state index contributed by atoms with van der Waals surface area (Å²) in [6, 6.07) is 83.9. The van der Waals surface area contributed by atoms with Crippen LogP contribution in [0.1, 0.15) is 22.3 Å². The Morgan fingerprint density at radius 2 is 0.984 bits per heavy atom. The highest BCUT2D eigenvalue weighted by Crippen LogP contribution is 2.61. The number of hydrogen-bond donors (Lipinski definition) is 0. The van der Waals surface area contributed by atoms with Gasteiger partial charge in [-0.15, -0.1) is 0 Å². The van der Waals surface area contributed by atoms with E-state index in [1.54, 1.807) is 0 Å². The molecule has 13 rings (SSSR count). The topological polar surface area (TPSA) is 17.4 Å². The summed E-state index contributed by atoms with van der Waals surface area (Å²) >= 11 is 0. The molecule has 11 aromatic rings. The molecule has 0 N–H and O–H groups in total. The van der Waals surface area contributed by atoms with Crippen molar-refractivity contribution in [2.75, 3.05) is 4.90 Å². The molecule has 2 aliphatic rings. The molecule has 2 heterocycles. The molecule has 10 aromatic carbocycles. The number of fused-ring (bicyclic) bond motifs is 11. The first-order valence-electron chi connectivity index (χ1n) is 21.3. The van der Waals surface area contributed by atoms with Crippen molar-refractivity contribution < 1.29 is 4.74 Å². The molecule has 62 heavy (non-hydrogen) atoms. The molecule has 0 amide bonds. The molecule has 1 aliphatic heterocycles. The monoisotopic (exact) mass is 790 g/mol. The van der Waals surface area contributed by atoms with E-state index in [2.05, 4.69) is 240 Å². The number of anilines is 3. The van der Waals surface area contributed by atoms with E-state index in [1.165, 1.54) is 60.4 Å². The third kappa shape index (κ3) is 4.88. The zero-order valence-electron chi connectivity index (χ0n) is 33.7. The smallest absolute Gasteiger partial charge is 0.132 e. The molecule has 0 saturated carbocycles. The standard InChI is InChI=1S/C59H38N2O/c1-3-17-39(18-4-1)44-23-8-12-30-53(44)61-54-31-13-9-25-46(54)48-37-42(33-35-55(48)61)60(41-21-5-2-6-22-41)43-34-36-57-52(38-43)59(50-28-11-14-32-56(50)62-57)49-27-10-7-24-45(49)47-26-15-19-40-20-16-29-51(59)58(40)47/h1-38H. The Bertz CT molecular complexity index is 3560. The molecule has 1 atom stereocenters. The predicted molar refractivity (Wildman–Crippen MR) is 256 cm³/mol. The van der Waals surface area contributed by atoms with Crippen LogP contribution in [0.3, 0.4) is 0 Å². The Labute approximate surface area is 360 Å². The lowest BCUT2D eigenvalue weighted by Gasteiger charge is -2.45. The van der Waals surface area contributed by atoms with Crippen molar-refractivity contribution in [3.05, 3.63) is 253 Å². The van der Waals surface area contributed by atoms with Crippen molar-refractivity contribution in [1.29, 1.82) is 0 Å². The van der Waals surface area contributed by atoms with E-state index in [0.717, 1.165) is 50.9 Å². The normalized spacial score (nSPS) is 14.6. The fourth-order valence-electron chi connectivity index (χ4n) is 10.7. The second kappa shape index (κ2) is 13.4. The first-order valence-corrected chi connectivity index (χ1v) is 21.3. The van der Waals surface area contributed by atoms with Gasteiger partial charge in [-0.05, 0) is 105 Å². The third-order valence-electron chi connectivity index (χ3n) is 13.2. The largest absolute Gasteiger partial charge is 0.457 e. The zero-order chi connectivity index (χ0) is 40.8. The molecule has 0 saturated heterocycles. The summed E-state index contributed by atoms with van der Waals surface area (Å²) in [7, 11) is 0. The molecule has 3 heteroatoms. The van der Waals surface area contributed by atoms with Crippen molar-refractivity contribution in [1.82, 2.24) is 4.57 Å². The summed E-state index contributed by atoms with van der Waals surface area (Å²) in [6.07, 6.45) is 0. The Hall–Kier alpha value is -8.14. The highest BCUT2D eigenvalue weighted by atomic mass is 16.5. The highest BCUT2D eigenvalue weighted by molar-refractivity contribution is 6.11. The van der Waals surface area contributed by atoms with E-state index in [0.29, 0.717) is 0 Å². The van der Waals surface area contributed by atoms with Gasteiger partial charge < -0.3 is 14.2 Å². The molecule has 0 fully saturated rings. The molecule has 1 spiro atoms. The maximum Gasteiger partial charge on any atom is 0.132 e. The van der Waals surface area contributed by atoms with Gasteiger partial charge in [0.15, 0.2) is 0 Å². The van der Waals surface area contributed by atoms with Gasteiger partial charge in [0.25, 0.3) is 0 Å². The van der Waals surface area contributed by atoms with Gasteiger partial charge in [-0.3, -0.25) is 0 Å². The lowest BCUT2D eigenvalue weighted by atomic mass is 9.58. The van der Waals surface area contributed by atoms with Crippen LogP contribution in [0.25, 0.3) is 60.5 Å². The number of rotatable bonds is 5. The van der Waals surface area contributed by atoms with E-state index in [-0.39, 0.29) is 0 Å². The van der Waals surface area contributed by atoms with Crippen LogP contribution in [-0.4, -0.2) is 4.57 Å². The average molecular weight is 791 g/mol. The Morgan fingerprint density at radius 1 is 0.371 bits per heavy atom. The van der Waals surface area contributed by atoms with E-state index in [1.807, 2.05) is 0 Å². The number of para-hydroxylation sites is 4. The summed E-state index contributed by atoms with van der Waals surface area (Å²) in [5, 5.41) is 4.93. The second-order valence-electron chi connectivity index (χ2n) is 16.4. The van der Waals surface area contributed by atoms with E-state index >= 15 is 0 Å². The second-order valence-corrected chi connectivity index (χ2v) is 16.4. The van der Waals surface area contributed by atoms with E-state index < -0.39 is 5.41 Å². The van der Waals surface area contributed by atoms with Crippen molar-refractivity contribution in [3.63, 3.8) is 0 Å². The highest BCUT2D eigenvalue weighted by Gasteiger charge is 2.49. The minimum absolute atomic E-state index is 0.642. The lowest BCUT2D eigenvalue weighted by Crippen LogP contribution is -2.36. The van der Waals surface area contributed by atoms with Crippen LogP contribution in [0.15, 0.2) is 231 Å². The summed E-state index contributed by atoms with van der Waals surface area (Å²) in [6.45, 7) is 0. The fraction of sp³-hybridized carbons (Fsp3) is 0.0169. The number of benzene rings is 10. The zero-order valence-corrected chi connectivity index (χ0v) is 33.7. The van der Waals surface area contributed by atoms with Gasteiger partial charge in [-0.1, -0.05) is 164 Å². The van der Waals surface area contributed by atoms with Gasteiger partial charge >= 0.3 is 0 Å². The molecule has 290 valence electrons. The van der Waals surface area contributed by atoms with Crippen molar-refractivity contribution in [2.45, 2.75) is 5.41 Å². The van der Waals surface area contributed by atoms with Gasteiger partial charge in [0, 0.05) is 44.5 Å². The number of nitrogens with zero attached hydrogens (tertiary/aromatic N) is 2. The fourth-order valence-corrected chi connectivity index (χ4v) is 10.7. The SMILES string of the molecule is c1ccc(-c2ccccc2-n2c3ccccc3c3cc(N(c4ccccc4)c4ccc5c(c4)C4(c6ccccc6O5)c5ccccc5-c5cccc6cccc4c56)ccc32)cc1. The number of aromatic nitrogens is 1. The first kappa shape index (κ1) is 34.7. The van der Waals surface area contributed by atoms with E-state index in [9.17, 15) is 0 Å². The minimum Gasteiger partial charge on any atom is -0.457 e. The third-order valence-corrected chi connectivity index (χ3v) is 13.2. The Morgan fingerprint density at radius 3 is 1.85 bits per heavy atom. The van der Waals surface area contributed by atoms with Crippen molar-refractivity contribution in [2.24, 2.45) is 0 Å². The summed E-state index contributed by atoms with van der Waals surface area (Å²) in [4.78, 5) is 2.40. The summed E-state index contributed by atoms with van der Waals surface area (Å²) < 4.78 is 9.35. The van der Waals surface area contributed by atoms with Crippen LogP contribution in [0.5, 0.6) is 11.5 Å². The maximum absolute atomic E-state index is 6.92. The minimum atomic E-state index is -0.642. The number of ether oxygens (including phenoxy) is 1. The Kier molecular flexibility index (Phi) is 7.52. The maximum atomic E-state index is 6.92. The molecule has 1 aromatic heterocycles. The molecule has 1 aliphatic carbocycles. The van der Waals surface area contributed by atoms with Crippen LogP contribution in [0, 0.1) is 0 Å². The first-order chi connectivity index (χ1) is 30.8. The average Bonchev–Trinajstić information content (AvgIpc) is 3.67. The van der Waals surface area contributed by atoms with Crippen LogP contribution >= 0.6 is 0 Å². The van der Waals surface area contributed by atoms with Gasteiger partial charge in [-0.2, -0.15) is 0 Å². The lowest BCUT2D eigenvalue weighted by molar-refractivity contribution is 0.435. The molecule has 3 nitrogen and oxygen atoms in total. The molecular formula is C59H38N2O. The molecular weight excluding hydrogens is 753 g/mol. The van der Waals surface area contributed by atoms with Crippen LogP contribution in [0.4, 0.5) is 17.1 Å². The Balaban J connectivity index is 1.07. The summed E-state index contributed by atoms with van der Waals surface area (Å²) in [5.41, 5.74) is 15.8. The quantitative estimate of drug-likeness (QED) is 0.173. The molecule has 0 radical (unpaired) electrons. The summed E-state index contributed by atoms with van der Waals surface area (Å²) in [5.74, 6) is 1.75. The van der Waals surface area contributed by atoms with Crippen molar-refractivity contribution in [3.8, 4) is 39.4 Å². The van der Waals surface area contributed by atoms with E-state index in [4.69, 9.17) is 4.74 Å². The van der Waals surface area contributed by atoms with Gasteiger partial charge in [-0.25, -0.2) is 0 Å². The molecule has 0 bridgehead atoms. The van der Waals surface area contributed by atoms with Gasteiger partial charge in [0.05, 0.1) is 22.1 Å². The van der Waals surface area contributed by atoms with Crippen molar-refractivity contribution >= 4 is 49.6 Å². The number of hydrogen-bond acceptors (Lipinski definition) is 2. The molecule has 1 unspecified atom stereocenters.